The number of rotatable bonds is 6. The largest absolute Gasteiger partial charge is 0.478 e. The summed E-state index contributed by atoms with van der Waals surface area (Å²) in [6.07, 6.45) is 8.98. The van der Waals surface area contributed by atoms with Crippen molar-refractivity contribution in [3.8, 4) is 0 Å². The van der Waals surface area contributed by atoms with Gasteiger partial charge in [-0.1, -0.05) is 25.1 Å². The van der Waals surface area contributed by atoms with Crippen LogP contribution in [0.4, 0.5) is 5.69 Å². The van der Waals surface area contributed by atoms with E-state index in [0.717, 1.165) is 23.6 Å². The maximum Gasteiger partial charge on any atom is 0.335 e. The molecule has 7 heteroatoms. The predicted molar refractivity (Wildman–Crippen MR) is 101 cm³/mol. The molecule has 0 fully saturated rings. The van der Waals surface area contributed by atoms with E-state index in [9.17, 15) is 4.79 Å². The molecular formula is C19H21N5O2. The molecule has 2 N–H and O–H groups in total. The van der Waals surface area contributed by atoms with Crippen molar-refractivity contribution in [2.24, 2.45) is 18.0 Å². The highest BCUT2D eigenvalue weighted by Crippen LogP contribution is 2.19. The Morgan fingerprint density at radius 1 is 1.35 bits per heavy atom. The minimum absolute atomic E-state index is 0.240. The summed E-state index contributed by atoms with van der Waals surface area (Å²) in [5.74, 6) is 0.807. The van der Waals surface area contributed by atoms with Gasteiger partial charge in [-0.2, -0.15) is 0 Å². The Balaban J connectivity index is 1.74. The number of nitrogens with zero attached hydrogens (tertiary/aromatic N) is 4. The molecule has 7 nitrogen and oxygen atoms in total. The lowest BCUT2D eigenvalue weighted by Gasteiger charge is -2.08. The summed E-state index contributed by atoms with van der Waals surface area (Å²) < 4.78 is 1.89. The van der Waals surface area contributed by atoms with Crippen molar-refractivity contribution in [2.45, 2.75) is 19.9 Å². The molecule has 0 saturated carbocycles. The number of allylic oxidation sites excluding steroid dienone is 3. The number of hydrogen-bond acceptors (Lipinski definition) is 5. The number of benzene rings is 1. The molecule has 1 aliphatic heterocycles. The van der Waals surface area contributed by atoms with Crippen LogP contribution < -0.4 is 5.32 Å². The molecule has 0 aliphatic carbocycles. The fourth-order valence-corrected chi connectivity index (χ4v) is 2.61. The maximum absolute atomic E-state index is 11.1. The van der Waals surface area contributed by atoms with Crippen molar-refractivity contribution >= 4 is 23.6 Å². The van der Waals surface area contributed by atoms with E-state index >= 15 is 0 Å². The van der Waals surface area contributed by atoms with E-state index in [1.165, 1.54) is 0 Å². The van der Waals surface area contributed by atoms with E-state index in [4.69, 9.17) is 5.11 Å². The quantitative estimate of drug-likeness (QED) is 0.834. The third-order valence-corrected chi connectivity index (χ3v) is 4.24. The second-order valence-corrected chi connectivity index (χ2v) is 6.03. The second-order valence-electron chi connectivity index (χ2n) is 6.03. The molecule has 0 saturated heterocycles. The lowest BCUT2D eigenvalue weighted by molar-refractivity contribution is 0.0697. The lowest BCUT2D eigenvalue weighted by Crippen LogP contribution is -2.08. The van der Waals surface area contributed by atoms with Crippen LogP contribution in [-0.4, -0.2) is 32.1 Å². The topological polar surface area (TPSA) is 92.4 Å². The molecule has 0 radical (unpaired) electrons. The predicted octanol–water partition coefficient (Wildman–Crippen LogP) is 3.13. The first-order valence-corrected chi connectivity index (χ1v) is 8.47. The van der Waals surface area contributed by atoms with Gasteiger partial charge in [-0.05, 0) is 30.7 Å². The van der Waals surface area contributed by atoms with Crippen LogP contribution in [0.1, 0.15) is 35.4 Å². The van der Waals surface area contributed by atoms with Gasteiger partial charge in [0.2, 0.25) is 0 Å². The fourth-order valence-electron chi connectivity index (χ4n) is 2.61. The molecular weight excluding hydrogens is 330 g/mol. The Kier molecular flexibility index (Phi) is 5.26. The van der Waals surface area contributed by atoms with Crippen LogP contribution in [0.2, 0.25) is 0 Å². The molecule has 0 bridgehead atoms. The molecule has 3 rings (SSSR count). The summed E-state index contributed by atoms with van der Waals surface area (Å²) in [6.45, 7) is 2.55. The zero-order valence-electron chi connectivity index (χ0n) is 14.8. The Hall–Kier alpha value is -3.22. The van der Waals surface area contributed by atoms with E-state index in [1.54, 1.807) is 18.2 Å². The van der Waals surface area contributed by atoms with E-state index in [-0.39, 0.29) is 5.56 Å². The van der Waals surface area contributed by atoms with Crippen LogP contribution in [0.15, 0.2) is 47.5 Å². The van der Waals surface area contributed by atoms with Gasteiger partial charge >= 0.3 is 5.97 Å². The van der Waals surface area contributed by atoms with Crippen molar-refractivity contribution in [1.29, 1.82) is 0 Å². The molecule has 1 aromatic heterocycles. The molecule has 1 aromatic carbocycles. The van der Waals surface area contributed by atoms with Gasteiger partial charge in [0.05, 0.1) is 12.1 Å². The SMILES string of the molecule is CCC1C=CC=C(c2nnc(CNc3cccc(C(=O)O)c3)n2C)N=C1. The minimum Gasteiger partial charge on any atom is -0.478 e. The highest BCUT2D eigenvalue weighted by molar-refractivity contribution is 5.88. The Labute approximate surface area is 151 Å². The van der Waals surface area contributed by atoms with Crippen LogP contribution >= 0.6 is 0 Å². The van der Waals surface area contributed by atoms with Crippen molar-refractivity contribution < 1.29 is 9.90 Å². The molecule has 1 unspecified atom stereocenters. The number of aliphatic imine (C=N–C) groups is 1. The van der Waals surface area contributed by atoms with Gasteiger partial charge in [0.15, 0.2) is 11.6 Å². The molecule has 1 aliphatic rings. The third kappa shape index (κ3) is 3.88. The average Bonchev–Trinajstić information content (AvgIpc) is 2.86. The minimum atomic E-state index is -0.953. The Bertz CT molecular complexity index is 895. The lowest BCUT2D eigenvalue weighted by atomic mass is 10.1. The first kappa shape index (κ1) is 17.6. The first-order chi connectivity index (χ1) is 12.6. The van der Waals surface area contributed by atoms with Crippen LogP contribution in [0.3, 0.4) is 0 Å². The highest BCUT2D eigenvalue weighted by Gasteiger charge is 2.13. The summed E-state index contributed by atoms with van der Waals surface area (Å²) in [4.78, 5) is 15.6. The zero-order chi connectivity index (χ0) is 18.5. The number of nitrogens with one attached hydrogen (secondary N) is 1. The highest BCUT2D eigenvalue weighted by atomic mass is 16.4. The van der Waals surface area contributed by atoms with Gasteiger partial charge in [0.1, 0.15) is 5.70 Å². The van der Waals surface area contributed by atoms with Gasteiger partial charge < -0.3 is 15.0 Å². The molecule has 0 amide bonds. The third-order valence-electron chi connectivity index (χ3n) is 4.24. The van der Waals surface area contributed by atoms with E-state index in [1.807, 2.05) is 36.0 Å². The van der Waals surface area contributed by atoms with Gasteiger partial charge in [-0.25, -0.2) is 4.79 Å². The van der Waals surface area contributed by atoms with Gasteiger partial charge in [0, 0.05) is 24.9 Å². The molecule has 134 valence electrons. The van der Waals surface area contributed by atoms with Crippen molar-refractivity contribution in [3.05, 3.63) is 59.7 Å². The molecule has 1 atom stereocenters. The van der Waals surface area contributed by atoms with E-state index in [0.29, 0.717) is 18.3 Å². The summed E-state index contributed by atoms with van der Waals surface area (Å²) in [5, 5.41) is 20.7. The summed E-state index contributed by atoms with van der Waals surface area (Å²) >= 11 is 0. The van der Waals surface area contributed by atoms with Crippen LogP contribution in [-0.2, 0) is 13.6 Å². The summed E-state index contributed by atoms with van der Waals surface area (Å²) in [7, 11) is 1.89. The smallest absolute Gasteiger partial charge is 0.335 e. The summed E-state index contributed by atoms with van der Waals surface area (Å²) in [6, 6.07) is 6.67. The fraction of sp³-hybridized carbons (Fsp3) is 0.263. The van der Waals surface area contributed by atoms with Gasteiger partial charge in [-0.3, -0.25) is 4.99 Å². The number of hydrogen-bond donors (Lipinski definition) is 2. The van der Waals surface area contributed by atoms with E-state index < -0.39 is 5.97 Å². The van der Waals surface area contributed by atoms with Crippen molar-refractivity contribution in [3.63, 3.8) is 0 Å². The summed E-state index contributed by atoms with van der Waals surface area (Å²) in [5.41, 5.74) is 1.73. The molecule has 0 spiro atoms. The Morgan fingerprint density at radius 2 is 2.19 bits per heavy atom. The van der Waals surface area contributed by atoms with Gasteiger partial charge in [-0.15, -0.1) is 10.2 Å². The number of aromatic nitrogens is 3. The molecule has 26 heavy (non-hydrogen) atoms. The molecule has 2 aromatic rings. The number of aromatic carboxylic acids is 1. The monoisotopic (exact) mass is 351 g/mol. The van der Waals surface area contributed by atoms with Crippen molar-refractivity contribution in [1.82, 2.24) is 14.8 Å². The number of carboxylic acids is 1. The average molecular weight is 351 g/mol. The zero-order valence-corrected chi connectivity index (χ0v) is 14.8. The van der Waals surface area contributed by atoms with Crippen LogP contribution in [0, 0.1) is 5.92 Å². The normalized spacial score (nSPS) is 16.2. The van der Waals surface area contributed by atoms with Gasteiger partial charge in [0.25, 0.3) is 0 Å². The first-order valence-electron chi connectivity index (χ1n) is 8.47. The number of carbonyl (C=O) groups is 1. The standard InChI is InChI=1S/C19H21N5O2/c1-3-13-6-4-9-16(21-11-13)18-23-22-17(24(18)2)12-20-15-8-5-7-14(10-15)19(25)26/h4-11,13,20H,3,12H2,1-2H3,(H,25,26). The maximum atomic E-state index is 11.1. The second kappa shape index (κ2) is 7.77. The number of anilines is 1. The van der Waals surface area contributed by atoms with Crippen LogP contribution in [0.5, 0.6) is 0 Å². The number of carboxylic acid groups (broad SMARTS) is 1. The molecule has 2 heterocycles. The Morgan fingerprint density at radius 3 is 2.96 bits per heavy atom. The van der Waals surface area contributed by atoms with Crippen LogP contribution in [0.25, 0.3) is 5.70 Å². The van der Waals surface area contributed by atoms with E-state index in [2.05, 4.69) is 33.5 Å². The van der Waals surface area contributed by atoms with Crippen molar-refractivity contribution in [2.75, 3.05) is 5.32 Å².